The van der Waals surface area contributed by atoms with Gasteiger partial charge in [-0.15, -0.1) is 0 Å². The van der Waals surface area contributed by atoms with Gasteiger partial charge in [-0.2, -0.15) is 5.26 Å². The lowest BCUT2D eigenvalue weighted by atomic mass is 10.3. The highest BCUT2D eigenvalue weighted by Gasteiger charge is 2.16. The highest BCUT2D eigenvalue weighted by Crippen LogP contribution is 2.12. The summed E-state index contributed by atoms with van der Waals surface area (Å²) in [6.45, 7) is 2.85. The molecule has 6 heteroatoms. The van der Waals surface area contributed by atoms with Gasteiger partial charge in [0, 0.05) is 32.2 Å². The van der Waals surface area contributed by atoms with Crippen molar-refractivity contribution in [1.29, 1.82) is 5.26 Å². The molecule has 0 aromatic carbocycles. The first-order chi connectivity index (χ1) is 7.83. The predicted molar refractivity (Wildman–Crippen MR) is 56.6 cm³/mol. The van der Waals surface area contributed by atoms with Gasteiger partial charge in [0.25, 0.3) is 0 Å². The van der Waals surface area contributed by atoms with Crippen LogP contribution in [0, 0.1) is 11.3 Å². The first-order valence-corrected chi connectivity index (χ1v) is 5.00. The fourth-order valence-electron chi connectivity index (χ4n) is 1.64. The number of aromatic nitrogens is 2. The van der Waals surface area contributed by atoms with Crippen molar-refractivity contribution in [3.63, 3.8) is 0 Å². The summed E-state index contributed by atoms with van der Waals surface area (Å²) in [4.78, 5) is 22.2. The van der Waals surface area contributed by atoms with Gasteiger partial charge in [-0.3, -0.25) is 4.79 Å². The molecule has 1 fully saturated rings. The van der Waals surface area contributed by atoms with Crippen LogP contribution in [0.5, 0.6) is 0 Å². The van der Waals surface area contributed by atoms with Crippen LogP contribution in [0.2, 0.25) is 0 Å². The van der Waals surface area contributed by atoms with Crippen LogP contribution in [0.3, 0.4) is 0 Å². The van der Waals surface area contributed by atoms with Crippen molar-refractivity contribution >= 4 is 12.2 Å². The van der Waals surface area contributed by atoms with Crippen LogP contribution in [0.25, 0.3) is 0 Å². The van der Waals surface area contributed by atoms with E-state index in [0.29, 0.717) is 18.8 Å². The van der Waals surface area contributed by atoms with Gasteiger partial charge in [-0.25, -0.2) is 9.97 Å². The molecule has 0 unspecified atom stereocenters. The van der Waals surface area contributed by atoms with Crippen LogP contribution in [0.4, 0.5) is 5.82 Å². The van der Waals surface area contributed by atoms with Gasteiger partial charge in [0.1, 0.15) is 23.9 Å². The highest BCUT2D eigenvalue weighted by molar-refractivity contribution is 5.49. The SMILES string of the molecule is N#Cc1cc(N2CCN(C=O)CC2)ncn1. The normalized spacial score (nSPS) is 15.7. The lowest BCUT2D eigenvalue weighted by Crippen LogP contribution is -2.46. The van der Waals surface area contributed by atoms with Crippen LogP contribution in [0.15, 0.2) is 12.4 Å². The molecule has 1 aromatic rings. The molecule has 1 saturated heterocycles. The van der Waals surface area contributed by atoms with E-state index < -0.39 is 0 Å². The number of amides is 1. The van der Waals surface area contributed by atoms with E-state index >= 15 is 0 Å². The van der Waals surface area contributed by atoms with E-state index in [9.17, 15) is 4.79 Å². The Morgan fingerprint density at radius 3 is 2.69 bits per heavy atom. The van der Waals surface area contributed by atoms with Gasteiger partial charge >= 0.3 is 0 Å². The Labute approximate surface area is 93.1 Å². The third-order valence-corrected chi connectivity index (χ3v) is 2.55. The van der Waals surface area contributed by atoms with Gasteiger partial charge in [0.15, 0.2) is 0 Å². The molecular formula is C10H11N5O. The van der Waals surface area contributed by atoms with Crippen LogP contribution in [0.1, 0.15) is 5.69 Å². The lowest BCUT2D eigenvalue weighted by Gasteiger charge is -2.33. The zero-order valence-electron chi connectivity index (χ0n) is 8.70. The summed E-state index contributed by atoms with van der Waals surface area (Å²) >= 11 is 0. The number of carbonyl (C=O) groups excluding carboxylic acids is 1. The molecule has 0 saturated carbocycles. The summed E-state index contributed by atoms with van der Waals surface area (Å²) in [5.41, 5.74) is 0.364. The molecule has 0 aliphatic carbocycles. The summed E-state index contributed by atoms with van der Waals surface area (Å²) in [6, 6.07) is 3.65. The number of hydrogen-bond acceptors (Lipinski definition) is 5. The molecular weight excluding hydrogens is 206 g/mol. The van der Waals surface area contributed by atoms with Crippen molar-refractivity contribution in [2.75, 3.05) is 31.1 Å². The minimum absolute atomic E-state index is 0.364. The Kier molecular flexibility index (Phi) is 2.96. The standard InChI is InChI=1S/C10H11N5O/c11-6-9-5-10(13-7-12-9)15-3-1-14(8-16)2-4-15/h5,7-8H,1-4H2. The molecule has 82 valence electrons. The molecule has 1 aromatic heterocycles. The highest BCUT2D eigenvalue weighted by atomic mass is 16.1. The van der Waals surface area contributed by atoms with Crippen molar-refractivity contribution < 1.29 is 4.79 Å². The molecule has 6 nitrogen and oxygen atoms in total. The smallest absolute Gasteiger partial charge is 0.209 e. The third-order valence-electron chi connectivity index (χ3n) is 2.55. The number of anilines is 1. The molecule has 1 aliphatic rings. The first-order valence-electron chi connectivity index (χ1n) is 5.00. The van der Waals surface area contributed by atoms with Crippen LogP contribution in [-0.4, -0.2) is 47.5 Å². The van der Waals surface area contributed by atoms with Crippen molar-refractivity contribution in [2.45, 2.75) is 0 Å². The zero-order chi connectivity index (χ0) is 11.4. The summed E-state index contributed by atoms with van der Waals surface area (Å²) in [5, 5.41) is 8.73. The number of nitrogens with zero attached hydrogens (tertiary/aromatic N) is 5. The molecule has 0 atom stereocenters. The second kappa shape index (κ2) is 4.57. The summed E-state index contributed by atoms with van der Waals surface area (Å²) in [7, 11) is 0. The van der Waals surface area contributed by atoms with Gasteiger partial charge in [-0.05, 0) is 0 Å². The molecule has 1 amide bonds. The van der Waals surface area contributed by atoms with E-state index in [1.165, 1.54) is 6.33 Å². The van der Waals surface area contributed by atoms with E-state index in [4.69, 9.17) is 5.26 Å². The molecule has 0 bridgehead atoms. The number of nitriles is 1. The summed E-state index contributed by atoms with van der Waals surface area (Å²) in [6.07, 6.45) is 2.25. The summed E-state index contributed by atoms with van der Waals surface area (Å²) < 4.78 is 0. The van der Waals surface area contributed by atoms with E-state index in [1.54, 1.807) is 11.0 Å². The minimum atomic E-state index is 0.364. The average Bonchev–Trinajstić information content (AvgIpc) is 2.39. The van der Waals surface area contributed by atoms with E-state index in [2.05, 4.69) is 9.97 Å². The number of rotatable bonds is 2. The Morgan fingerprint density at radius 2 is 2.06 bits per heavy atom. The maximum atomic E-state index is 10.5. The van der Waals surface area contributed by atoms with Crippen LogP contribution in [-0.2, 0) is 4.79 Å². The van der Waals surface area contributed by atoms with Crippen molar-refractivity contribution in [2.24, 2.45) is 0 Å². The molecule has 1 aliphatic heterocycles. The monoisotopic (exact) mass is 217 g/mol. The van der Waals surface area contributed by atoms with Crippen molar-refractivity contribution in [3.05, 3.63) is 18.1 Å². The number of hydrogen-bond donors (Lipinski definition) is 0. The van der Waals surface area contributed by atoms with E-state index in [0.717, 1.165) is 25.3 Å². The third kappa shape index (κ3) is 2.08. The maximum absolute atomic E-state index is 10.5. The average molecular weight is 217 g/mol. The largest absolute Gasteiger partial charge is 0.353 e. The number of piperazine rings is 1. The Balaban J connectivity index is 2.08. The van der Waals surface area contributed by atoms with Gasteiger partial charge < -0.3 is 9.80 Å². The van der Waals surface area contributed by atoms with E-state index in [-0.39, 0.29) is 0 Å². The molecule has 0 spiro atoms. The minimum Gasteiger partial charge on any atom is -0.353 e. The van der Waals surface area contributed by atoms with E-state index in [1.807, 2.05) is 11.0 Å². The molecule has 0 radical (unpaired) electrons. The van der Waals surface area contributed by atoms with Gasteiger partial charge in [-0.1, -0.05) is 0 Å². The van der Waals surface area contributed by atoms with Crippen molar-refractivity contribution in [1.82, 2.24) is 14.9 Å². The maximum Gasteiger partial charge on any atom is 0.209 e. The fraction of sp³-hybridized carbons (Fsp3) is 0.400. The molecule has 16 heavy (non-hydrogen) atoms. The van der Waals surface area contributed by atoms with Gasteiger partial charge in [0.05, 0.1) is 0 Å². The second-order valence-electron chi connectivity index (χ2n) is 3.50. The molecule has 0 N–H and O–H groups in total. The Bertz CT molecular complexity index is 419. The van der Waals surface area contributed by atoms with Gasteiger partial charge in [0.2, 0.25) is 6.41 Å². The Morgan fingerprint density at radius 1 is 1.31 bits per heavy atom. The van der Waals surface area contributed by atoms with Crippen LogP contribution >= 0.6 is 0 Å². The quantitative estimate of drug-likeness (QED) is 0.632. The summed E-state index contributed by atoms with van der Waals surface area (Å²) in [5.74, 6) is 0.747. The predicted octanol–water partition coefficient (Wildman–Crippen LogP) is -0.373. The van der Waals surface area contributed by atoms with Crippen molar-refractivity contribution in [3.8, 4) is 6.07 Å². The molecule has 2 heterocycles. The number of carbonyl (C=O) groups is 1. The lowest BCUT2D eigenvalue weighted by molar-refractivity contribution is -0.118. The second-order valence-corrected chi connectivity index (χ2v) is 3.50. The van der Waals surface area contributed by atoms with Crippen LogP contribution < -0.4 is 4.90 Å². The fourth-order valence-corrected chi connectivity index (χ4v) is 1.64. The molecule has 2 rings (SSSR count). The topological polar surface area (TPSA) is 73.1 Å². The Hall–Kier alpha value is -2.16. The zero-order valence-corrected chi connectivity index (χ0v) is 8.70. The first kappa shape index (κ1) is 10.4.